The quantitative estimate of drug-likeness (QED) is 0.0153. The number of carbonyl (C=O) groups excluding carboxylic acids is 2. The molecule has 12 nitrogen and oxygen atoms in total. The van der Waals surface area contributed by atoms with Crippen LogP contribution in [0.2, 0.25) is 0 Å². The summed E-state index contributed by atoms with van der Waals surface area (Å²) >= 11 is 0. The van der Waals surface area contributed by atoms with E-state index in [4.69, 9.17) is 18.5 Å². The molecule has 1 rings (SSSR count). The van der Waals surface area contributed by atoms with Crippen molar-refractivity contribution in [2.75, 3.05) is 47.5 Å². The van der Waals surface area contributed by atoms with Gasteiger partial charge in [0.05, 0.1) is 46.1 Å². The normalized spacial score (nSPS) is 20.6. The van der Waals surface area contributed by atoms with Gasteiger partial charge in [0.25, 0.3) is 0 Å². The second-order valence-corrected chi connectivity index (χ2v) is 19.2. The summed E-state index contributed by atoms with van der Waals surface area (Å²) in [6.45, 7) is 4.01. The number of allylic oxidation sites excluding steroid dienone is 6. The zero-order chi connectivity index (χ0) is 45.2. The highest BCUT2D eigenvalue weighted by Gasteiger charge is 2.39. The smallest absolute Gasteiger partial charge is 0.462 e. The van der Waals surface area contributed by atoms with Crippen molar-refractivity contribution in [2.45, 2.75) is 186 Å². The molecule has 0 radical (unpaired) electrons. The molecule has 1 fully saturated rings. The molecule has 0 spiro atoms. The molecule has 0 aliphatic heterocycles. The number of likely N-dealkylation sites (N-methyl/N-ethyl adjacent to an activating group) is 1. The molecule has 61 heavy (non-hydrogen) atoms. The number of unbranched alkanes of at least 4 members (excludes halogenated alkanes) is 13. The van der Waals surface area contributed by atoms with Crippen LogP contribution in [0, 0.1) is 11.8 Å². The van der Waals surface area contributed by atoms with Crippen LogP contribution in [0.3, 0.4) is 0 Å². The number of rotatable bonds is 38. The zero-order valence-corrected chi connectivity index (χ0v) is 39.6. The molecule has 1 saturated carbocycles. The molecule has 0 saturated heterocycles. The number of phosphoric acid groups is 1. The molecule has 354 valence electrons. The van der Waals surface area contributed by atoms with Gasteiger partial charge in [0.15, 0.2) is 6.10 Å². The lowest BCUT2D eigenvalue weighted by molar-refractivity contribution is -0.870. The highest BCUT2D eigenvalue weighted by Crippen LogP contribution is 2.43. The summed E-state index contributed by atoms with van der Waals surface area (Å²) in [6, 6.07) is 0. The SMILES string of the molecule is CCCCC/C=C\C/C=C\CCCCCCCCCC(=O)O[C@H](COC(=O)CCC/C=C/C[C@@H]1[C@@H](/C=C/[C@@H](O)CCCCC)[C@H](O)C[C@@H]1O)COP(=O)(O)OCC[N+](C)(C)C. The van der Waals surface area contributed by atoms with Crippen LogP contribution in [0.15, 0.2) is 48.6 Å². The number of aliphatic hydroxyl groups is 3. The molecule has 1 unspecified atom stereocenters. The molecular formula is C48H87NO11P+. The fourth-order valence-corrected chi connectivity index (χ4v) is 7.84. The topological polar surface area (TPSA) is 169 Å². The largest absolute Gasteiger partial charge is 0.472 e. The van der Waals surface area contributed by atoms with E-state index in [-0.39, 0.29) is 37.9 Å². The van der Waals surface area contributed by atoms with E-state index in [0.29, 0.717) is 49.6 Å². The molecule has 0 amide bonds. The third-order valence-electron chi connectivity index (χ3n) is 10.9. The summed E-state index contributed by atoms with van der Waals surface area (Å²) in [5.74, 6) is -1.40. The number of hydrogen-bond donors (Lipinski definition) is 4. The lowest BCUT2D eigenvalue weighted by Crippen LogP contribution is -2.37. The molecule has 1 aliphatic rings. The molecule has 0 aromatic carbocycles. The van der Waals surface area contributed by atoms with Crippen molar-refractivity contribution >= 4 is 19.8 Å². The summed E-state index contributed by atoms with van der Waals surface area (Å²) in [5, 5.41) is 31.4. The third kappa shape index (κ3) is 32.2. The molecule has 0 aromatic rings. The molecule has 7 atom stereocenters. The van der Waals surface area contributed by atoms with Crippen LogP contribution >= 0.6 is 7.82 Å². The Morgan fingerprint density at radius 2 is 1.31 bits per heavy atom. The van der Waals surface area contributed by atoms with Gasteiger partial charge in [-0.25, -0.2) is 4.57 Å². The van der Waals surface area contributed by atoms with Crippen LogP contribution < -0.4 is 0 Å². The Morgan fingerprint density at radius 1 is 0.721 bits per heavy atom. The Kier molecular flexibility index (Phi) is 32.8. The fraction of sp³-hybridized carbons (Fsp3) is 0.792. The van der Waals surface area contributed by atoms with E-state index in [1.807, 2.05) is 39.4 Å². The van der Waals surface area contributed by atoms with E-state index in [1.54, 1.807) is 6.08 Å². The molecule has 0 aromatic heterocycles. The monoisotopic (exact) mass is 885 g/mol. The van der Waals surface area contributed by atoms with Gasteiger partial charge >= 0.3 is 19.8 Å². The van der Waals surface area contributed by atoms with Gasteiger partial charge < -0.3 is 34.2 Å². The second kappa shape index (κ2) is 35.2. The highest BCUT2D eigenvalue weighted by molar-refractivity contribution is 7.47. The maximum atomic E-state index is 12.8. The average molecular weight is 885 g/mol. The fourth-order valence-electron chi connectivity index (χ4n) is 7.10. The number of phosphoric ester groups is 1. The van der Waals surface area contributed by atoms with Crippen molar-refractivity contribution in [3.63, 3.8) is 0 Å². The number of ether oxygens (including phenoxy) is 2. The summed E-state index contributed by atoms with van der Waals surface area (Å²) in [5.41, 5.74) is 0. The molecule has 4 N–H and O–H groups in total. The van der Waals surface area contributed by atoms with E-state index in [0.717, 1.165) is 57.8 Å². The van der Waals surface area contributed by atoms with Crippen molar-refractivity contribution in [1.82, 2.24) is 0 Å². The minimum Gasteiger partial charge on any atom is -0.462 e. The number of hydrogen-bond acceptors (Lipinski definition) is 10. The van der Waals surface area contributed by atoms with Crippen LogP contribution in [0.25, 0.3) is 0 Å². The maximum absolute atomic E-state index is 12.8. The van der Waals surface area contributed by atoms with Crippen LogP contribution in [0.4, 0.5) is 0 Å². The van der Waals surface area contributed by atoms with E-state index in [1.165, 1.54) is 38.5 Å². The van der Waals surface area contributed by atoms with Gasteiger partial charge in [0, 0.05) is 25.2 Å². The van der Waals surface area contributed by atoms with Crippen molar-refractivity contribution in [3.8, 4) is 0 Å². The maximum Gasteiger partial charge on any atom is 0.472 e. The molecule has 0 heterocycles. The summed E-state index contributed by atoms with van der Waals surface area (Å²) in [6.07, 6.45) is 33.9. The van der Waals surface area contributed by atoms with Crippen LogP contribution in [0.5, 0.6) is 0 Å². The van der Waals surface area contributed by atoms with E-state index in [9.17, 15) is 34.4 Å². The third-order valence-corrected chi connectivity index (χ3v) is 11.9. The zero-order valence-electron chi connectivity index (χ0n) is 38.7. The number of quaternary nitrogens is 1. The van der Waals surface area contributed by atoms with Gasteiger partial charge in [-0.15, -0.1) is 0 Å². The number of nitrogens with zero attached hydrogens (tertiary/aromatic N) is 1. The van der Waals surface area contributed by atoms with Crippen molar-refractivity contribution in [1.29, 1.82) is 0 Å². The summed E-state index contributed by atoms with van der Waals surface area (Å²) in [4.78, 5) is 35.6. The number of carbonyl (C=O) groups is 2. The number of aliphatic hydroxyl groups excluding tert-OH is 3. The minimum atomic E-state index is -4.44. The standard InChI is InChI=1S/C48H86NO11P/c1-6-8-10-11-12-13-14-15-16-17-18-19-20-21-22-23-29-33-48(54)60-42(40-59-61(55,56)58-37-36-49(3,4)5)39-57-47(53)32-28-25-24-27-31-43-44(46(52)38-45(43)51)35-34-41(50)30-26-9-7-2/h12-13,15-16,24,27,34-35,41-46,50-52H,6-11,14,17-23,25-26,28-33,36-40H2,1-5H3/p+1/b13-12-,16-15-,27-24+,35-34+/t41-,42+,43+,44+,45-,46+/m0/s1. The first-order valence-corrected chi connectivity index (χ1v) is 25.1. The van der Waals surface area contributed by atoms with Gasteiger partial charge in [-0.1, -0.05) is 127 Å². The van der Waals surface area contributed by atoms with E-state index < -0.39 is 50.8 Å². The first-order valence-electron chi connectivity index (χ1n) is 23.6. The Hall–Kier alpha value is -2.15. The number of esters is 2. The predicted molar refractivity (Wildman–Crippen MR) is 245 cm³/mol. The van der Waals surface area contributed by atoms with Crippen molar-refractivity contribution in [3.05, 3.63) is 48.6 Å². The lowest BCUT2D eigenvalue weighted by Gasteiger charge is -2.24. The van der Waals surface area contributed by atoms with Gasteiger partial charge in [-0.3, -0.25) is 18.6 Å². The van der Waals surface area contributed by atoms with Gasteiger partial charge in [-0.2, -0.15) is 0 Å². The van der Waals surface area contributed by atoms with Crippen LogP contribution in [-0.2, 0) is 32.7 Å². The Bertz CT molecular complexity index is 1300. The van der Waals surface area contributed by atoms with E-state index in [2.05, 4.69) is 38.2 Å². The summed E-state index contributed by atoms with van der Waals surface area (Å²) in [7, 11) is 1.33. The second-order valence-electron chi connectivity index (χ2n) is 17.8. The van der Waals surface area contributed by atoms with Gasteiger partial charge in [0.2, 0.25) is 0 Å². The van der Waals surface area contributed by atoms with Crippen LogP contribution in [0.1, 0.15) is 162 Å². The minimum absolute atomic E-state index is 0.0104. The van der Waals surface area contributed by atoms with Gasteiger partial charge in [0.1, 0.15) is 19.8 Å². The molecule has 0 bridgehead atoms. The Morgan fingerprint density at radius 3 is 1.98 bits per heavy atom. The predicted octanol–water partition coefficient (Wildman–Crippen LogP) is 9.85. The van der Waals surface area contributed by atoms with Crippen molar-refractivity contribution < 1.29 is 57.4 Å². The molecular weight excluding hydrogens is 797 g/mol. The Labute approximate surface area is 370 Å². The van der Waals surface area contributed by atoms with Crippen LogP contribution in [-0.4, -0.2) is 109 Å². The first kappa shape index (κ1) is 56.9. The molecule has 1 aliphatic carbocycles. The Balaban J connectivity index is 2.48. The highest BCUT2D eigenvalue weighted by atomic mass is 31.2. The first-order chi connectivity index (χ1) is 29.2. The molecule has 13 heteroatoms. The lowest BCUT2D eigenvalue weighted by atomic mass is 9.89. The average Bonchev–Trinajstić information content (AvgIpc) is 3.47. The summed E-state index contributed by atoms with van der Waals surface area (Å²) < 4.78 is 34.3. The van der Waals surface area contributed by atoms with Gasteiger partial charge in [-0.05, 0) is 70.1 Å². The van der Waals surface area contributed by atoms with E-state index >= 15 is 0 Å². The van der Waals surface area contributed by atoms with Crippen molar-refractivity contribution in [2.24, 2.45) is 11.8 Å².